The zero-order valence-electron chi connectivity index (χ0n) is 10.6. The predicted octanol–water partition coefficient (Wildman–Crippen LogP) is 2.73. The molecule has 0 heterocycles. The van der Waals surface area contributed by atoms with E-state index in [0.717, 1.165) is 11.3 Å². The van der Waals surface area contributed by atoms with Gasteiger partial charge in [0.15, 0.2) is 0 Å². The molecule has 2 rings (SSSR count). The van der Waals surface area contributed by atoms with Crippen LogP contribution in [0.1, 0.15) is 11.1 Å². The summed E-state index contributed by atoms with van der Waals surface area (Å²) in [5, 5.41) is 9.01. The molecule has 0 fully saturated rings. The minimum absolute atomic E-state index is 0.391. The molecule has 4 nitrogen and oxygen atoms in total. The van der Waals surface area contributed by atoms with Gasteiger partial charge in [-0.25, -0.2) is 0 Å². The quantitative estimate of drug-likeness (QED) is 0.852. The fourth-order valence-electron chi connectivity index (χ4n) is 1.64. The number of nitrogens with two attached hydrogens (primary N) is 1. The number of ether oxygens (including phenoxy) is 2. The molecule has 0 amide bonds. The molecule has 0 radical (unpaired) electrons. The number of nitriles is 1. The Bertz CT molecular complexity index is 601. The van der Waals surface area contributed by atoms with Crippen molar-refractivity contribution in [2.24, 2.45) is 0 Å². The Morgan fingerprint density at radius 1 is 1.16 bits per heavy atom. The third-order valence-corrected chi connectivity index (χ3v) is 2.68. The van der Waals surface area contributed by atoms with Gasteiger partial charge in [0.2, 0.25) is 0 Å². The summed E-state index contributed by atoms with van der Waals surface area (Å²) in [6.07, 6.45) is 0. The molecule has 0 saturated heterocycles. The predicted molar refractivity (Wildman–Crippen MR) is 72.9 cm³/mol. The lowest BCUT2D eigenvalue weighted by Crippen LogP contribution is -1.98. The molecule has 2 aromatic rings. The van der Waals surface area contributed by atoms with Crippen molar-refractivity contribution in [1.82, 2.24) is 0 Å². The Morgan fingerprint density at radius 2 is 1.89 bits per heavy atom. The van der Waals surface area contributed by atoms with Crippen LogP contribution in [0.2, 0.25) is 0 Å². The van der Waals surface area contributed by atoms with Crippen LogP contribution in [0.25, 0.3) is 0 Å². The van der Waals surface area contributed by atoms with E-state index >= 15 is 0 Å². The minimum atomic E-state index is 0.391. The third kappa shape index (κ3) is 3.17. The maximum absolute atomic E-state index is 9.01. The molecule has 0 spiro atoms. The van der Waals surface area contributed by atoms with Crippen LogP contribution in [0.5, 0.6) is 11.5 Å². The molecule has 0 aliphatic heterocycles. The van der Waals surface area contributed by atoms with Gasteiger partial charge in [-0.1, -0.05) is 12.1 Å². The minimum Gasteiger partial charge on any atom is -0.497 e. The fraction of sp³-hybridized carbons (Fsp3) is 0.133. The summed E-state index contributed by atoms with van der Waals surface area (Å²) in [5.41, 5.74) is 7.61. The van der Waals surface area contributed by atoms with E-state index in [-0.39, 0.29) is 0 Å². The number of nitrogens with zero attached hydrogens (tertiary/aromatic N) is 1. The number of anilines is 1. The van der Waals surface area contributed by atoms with Crippen molar-refractivity contribution in [3.8, 4) is 17.6 Å². The Morgan fingerprint density at radius 3 is 2.53 bits per heavy atom. The zero-order valence-corrected chi connectivity index (χ0v) is 10.6. The van der Waals surface area contributed by atoms with Crippen molar-refractivity contribution in [2.75, 3.05) is 12.8 Å². The van der Waals surface area contributed by atoms with Crippen LogP contribution < -0.4 is 15.2 Å². The first-order valence-electron chi connectivity index (χ1n) is 5.78. The lowest BCUT2D eigenvalue weighted by Gasteiger charge is -2.09. The van der Waals surface area contributed by atoms with Crippen LogP contribution in [-0.4, -0.2) is 7.11 Å². The smallest absolute Gasteiger partial charge is 0.137 e. The third-order valence-electron chi connectivity index (χ3n) is 2.68. The summed E-state index contributed by atoms with van der Waals surface area (Å²) in [7, 11) is 1.62. The number of hydrogen-bond donors (Lipinski definition) is 1. The monoisotopic (exact) mass is 254 g/mol. The lowest BCUT2D eigenvalue weighted by molar-refractivity contribution is 0.305. The Hall–Kier alpha value is -2.67. The summed E-state index contributed by atoms with van der Waals surface area (Å²) in [4.78, 5) is 0. The topological polar surface area (TPSA) is 68.3 Å². The van der Waals surface area contributed by atoms with E-state index in [1.54, 1.807) is 25.3 Å². The van der Waals surface area contributed by atoms with E-state index in [2.05, 4.69) is 6.07 Å². The van der Waals surface area contributed by atoms with Gasteiger partial charge in [-0.3, -0.25) is 0 Å². The first-order chi connectivity index (χ1) is 9.22. The largest absolute Gasteiger partial charge is 0.497 e. The average Bonchev–Trinajstić information content (AvgIpc) is 2.46. The maximum Gasteiger partial charge on any atom is 0.137 e. The normalized spacial score (nSPS) is 9.68. The van der Waals surface area contributed by atoms with Crippen LogP contribution in [-0.2, 0) is 6.61 Å². The highest BCUT2D eigenvalue weighted by atomic mass is 16.5. The molecular weight excluding hydrogens is 240 g/mol. The highest BCUT2D eigenvalue weighted by Gasteiger charge is 2.04. The van der Waals surface area contributed by atoms with Gasteiger partial charge in [-0.15, -0.1) is 0 Å². The van der Waals surface area contributed by atoms with Crippen molar-refractivity contribution in [3.05, 3.63) is 53.6 Å². The molecule has 19 heavy (non-hydrogen) atoms. The van der Waals surface area contributed by atoms with Crippen molar-refractivity contribution in [1.29, 1.82) is 5.26 Å². The van der Waals surface area contributed by atoms with Crippen molar-refractivity contribution in [3.63, 3.8) is 0 Å². The van der Waals surface area contributed by atoms with Gasteiger partial charge in [0.05, 0.1) is 12.7 Å². The molecule has 0 bridgehead atoms. The molecule has 0 atom stereocenters. The number of benzene rings is 2. The molecule has 0 aliphatic rings. The van der Waals surface area contributed by atoms with Crippen molar-refractivity contribution < 1.29 is 9.47 Å². The van der Waals surface area contributed by atoms with E-state index < -0.39 is 0 Å². The van der Waals surface area contributed by atoms with Crippen LogP contribution in [0.15, 0.2) is 42.5 Å². The summed E-state index contributed by atoms with van der Waals surface area (Å²) in [6, 6.07) is 14.7. The van der Waals surface area contributed by atoms with Gasteiger partial charge < -0.3 is 15.2 Å². The van der Waals surface area contributed by atoms with E-state index in [4.69, 9.17) is 20.5 Å². The van der Waals surface area contributed by atoms with Gasteiger partial charge in [0.25, 0.3) is 0 Å². The number of methoxy groups -OCH3 is 1. The van der Waals surface area contributed by atoms with E-state index in [9.17, 15) is 0 Å². The van der Waals surface area contributed by atoms with E-state index in [1.165, 1.54) is 0 Å². The summed E-state index contributed by atoms with van der Waals surface area (Å²) in [6.45, 7) is 0.391. The Balaban J connectivity index is 2.08. The van der Waals surface area contributed by atoms with Crippen LogP contribution in [0.4, 0.5) is 5.69 Å². The first-order valence-corrected chi connectivity index (χ1v) is 5.78. The maximum atomic E-state index is 9.01. The molecule has 2 N–H and O–H groups in total. The molecule has 0 unspecified atom stereocenters. The summed E-state index contributed by atoms with van der Waals surface area (Å²) >= 11 is 0. The molecule has 0 saturated carbocycles. The van der Waals surface area contributed by atoms with Crippen LogP contribution in [0, 0.1) is 11.3 Å². The average molecular weight is 254 g/mol. The fourth-order valence-corrected chi connectivity index (χ4v) is 1.64. The van der Waals surface area contributed by atoms with Gasteiger partial charge in [0, 0.05) is 5.69 Å². The number of nitrogen functional groups attached to an aromatic ring is 1. The Labute approximate surface area is 112 Å². The molecule has 96 valence electrons. The molecular formula is C15H14N2O2. The zero-order chi connectivity index (χ0) is 13.7. The summed E-state index contributed by atoms with van der Waals surface area (Å²) in [5.74, 6) is 1.33. The number of hydrogen-bond acceptors (Lipinski definition) is 4. The lowest BCUT2D eigenvalue weighted by atomic mass is 10.2. The second kappa shape index (κ2) is 5.78. The first kappa shape index (κ1) is 12.8. The Kier molecular flexibility index (Phi) is 3.89. The van der Waals surface area contributed by atoms with Crippen molar-refractivity contribution >= 4 is 5.69 Å². The van der Waals surface area contributed by atoms with E-state index in [0.29, 0.717) is 23.6 Å². The number of rotatable bonds is 4. The SMILES string of the molecule is COc1ccc(COc2ccc(N)cc2C#N)cc1. The molecule has 0 aromatic heterocycles. The van der Waals surface area contributed by atoms with E-state index in [1.807, 2.05) is 24.3 Å². The highest BCUT2D eigenvalue weighted by molar-refractivity contribution is 5.53. The van der Waals surface area contributed by atoms with Gasteiger partial charge >= 0.3 is 0 Å². The van der Waals surface area contributed by atoms with Crippen molar-refractivity contribution in [2.45, 2.75) is 6.61 Å². The molecule has 2 aromatic carbocycles. The summed E-state index contributed by atoms with van der Waals surface area (Å²) < 4.78 is 10.7. The van der Waals surface area contributed by atoms with Gasteiger partial charge in [0.1, 0.15) is 24.2 Å². The molecule has 0 aliphatic carbocycles. The highest BCUT2D eigenvalue weighted by Crippen LogP contribution is 2.22. The second-order valence-corrected chi connectivity index (χ2v) is 4.00. The second-order valence-electron chi connectivity index (χ2n) is 4.00. The van der Waals surface area contributed by atoms with Crippen LogP contribution in [0.3, 0.4) is 0 Å². The van der Waals surface area contributed by atoms with Gasteiger partial charge in [-0.2, -0.15) is 5.26 Å². The molecule has 4 heteroatoms. The standard InChI is InChI=1S/C15H14N2O2/c1-18-14-5-2-11(3-6-14)10-19-15-7-4-13(17)8-12(15)9-16/h2-8H,10,17H2,1H3. The van der Waals surface area contributed by atoms with Crippen LogP contribution >= 0.6 is 0 Å². The van der Waals surface area contributed by atoms with Gasteiger partial charge in [-0.05, 0) is 35.9 Å².